The first-order chi connectivity index (χ1) is 11.2. The van der Waals surface area contributed by atoms with Gasteiger partial charge in [-0.15, -0.1) is 0 Å². The number of fused-ring (bicyclic) bond motifs is 1. The number of anilines is 1. The van der Waals surface area contributed by atoms with E-state index in [0.29, 0.717) is 6.54 Å². The maximum Gasteiger partial charge on any atom is 0.328 e. The summed E-state index contributed by atoms with van der Waals surface area (Å²) in [6.07, 6.45) is 2.75. The summed E-state index contributed by atoms with van der Waals surface area (Å²) in [5.41, 5.74) is 3.05. The molecule has 114 valence electrons. The minimum Gasteiger partial charge on any atom is -0.478 e. The maximum absolute atomic E-state index is 10.6. The second kappa shape index (κ2) is 6.79. The predicted octanol–water partition coefficient (Wildman–Crippen LogP) is 4.55. The monoisotopic (exact) mass is 303 g/mol. The topological polar surface area (TPSA) is 49.3 Å². The van der Waals surface area contributed by atoms with Crippen molar-refractivity contribution in [3.63, 3.8) is 0 Å². The molecule has 0 atom stereocenters. The molecule has 2 N–H and O–H groups in total. The van der Waals surface area contributed by atoms with Crippen molar-refractivity contribution in [1.82, 2.24) is 0 Å². The number of carboxylic acids is 1. The highest BCUT2D eigenvalue weighted by molar-refractivity contribution is 5.86. The van der Waals surface area contributed by atoms with Gasteiger partial charge < -0.3 is 10.4 Å². The zero-order valence-electron chi connectivity index (χ0n) is 12.6. The van der Waals surface area contributed by atoms with E-state index < -0.39 is 5.97 Å². The number of nitrogens with one attached hydrogen (secondary N) is 1. The molecule has 0 bridgehead atoms. The van der Waals surface area contributed by atoms with E-state index in [1.807, 2.05) is 36.4 Å². The molecule has 0 spiro atoms. The summed E-state index contributed by atoms with van der Waals surface area (Å²) in [7, 11) is 0. The second-order valence-corrected chi connectivity index (χ2v) is 5.33. The van der Waals surface area contributed by atoms with Gasteiger partial charge in [0.1, 0.15) is 0 Å². The maximum atomic E-state index is 10.6. The number of hydrogen-bond acceptors (Lipinski definition) is 2. The molecule has 0 aliphatic rings. The van der Waals surface area contributed by atoms with Crippen LogP contribution in [0, 0.1) is 0 Å². The highest BCUT2D eigenvalue weighted by atomic mass is 16.4. The lowest BCUT2D eigenvalue weighted by Crippen LogP contribution is -1.99. The lowest BCUT2D eigenvalue weighted by atomic mass is 10.1. The van der Waals surface area contributed by atoms with Crippen LogP contribution in [0.2, 0.25) is 0 Å². The Morgan fingerprint density at radius 1 is 0.957 bits per heavy atom. The van der Waals surface area contributed by atoms with Crippen LogP contribution in [0.4, 0.5) is 5.69 Å². The molecule has 0 unspecified atom stereocenters. The molecule has 23 heavy (non-hydrogen) atoms. The summed E-state index contributed by atoms with van der Waals surface area (Å²) in [4.78, 5) is 10.6. The van der Waals surface area contributed by atoms with Crippen molar-refractivity contribution in [1.29, 1.82) is 0 Å². The van der Waals surface area contributed by atoms with Gasteiger partial charge in [0.2, 0.25) is 0 Å². The van der Waals surface area contributed by atoms with E-state index in [-0.39, 0.29) is 0 Å². The van der Waals surface area contributed by atoms with Gasteiger partial charge in [0.15, 0.2) is 0 Å². The van der Waals surface area contributed by atoms with Crippen LogP contribution in [0.3, 0.4) is 0 Å². The van der Waals surface area contributed by atoms with Gasteiger partial charge in [-0.1, -0.05) is 48.5 Å². The summed E-state index contributed by atoms with van der Waals surface area (Å²) < 4.78 is 0. The highest BCUT2D eigenvalue weighted by Crippen LogP contribution is 2.19. The van der Waals surface area contributed by atoms with Gasteiger partial charge in [0.05, 0.1) is 0 Å². The van der Waals surface area contributed by atoms with E-state index in [4.69, 9.17) is 5.11 Å². The van der Waals surface area contributed by atoms with Crippen molar-refractivity contribution < 1.29 is 9.90 Å². The number of aliphatic carboxylic acids is 1. The van der Waals surface area contributed by atoms with Gasteiger partial charge in [-0.3, -0.25) is 0 Å². The quantitative estimate of drug-likeness (QED) is 0.680. The molecule has 0 saturated heterocycles. The number of hydrogen-bond donors (Lipinski definition) is 2. The minimum absolute atomic E-state index is 0.688. The van der Waals surface area contributed by atoms with Crippen LogP contribution in [-0.2, 0) is 11.3 Å². The fourth-order valence-corrected chi connectivity index (χ4v) is 2.48. The average Bonchev–Trinajstić information content (AvgIpc) is 2.58. The molecule has 0 aliphatic carbocycles. The van der Waals surface area contributed by atoms with Crippen molar-refractivity contribution in [3.8, 4) is 0 Å². The zero-order valence-corrected chi connectivity index (χ0v) is 12.6. The molecule has 0 heterocycles. The molecule has 3 aromatic rings. The predicted molar refractivity (Wildman–Crippen MR) is 94.4 cm³/mol. The molecule has 0 aromatic heterocycles. The van der Waals surface area contributed by atoms with Crippen LogP contribution in [0.15, 0.2) is 72.8 Å². The van der Waals surface area contributed by atoms with Crippen molar-refractivity contribution in [2.75, 3.05) is 5.32 Å². The van der Waals surface area contributed by atoms with Crippen LogP contribution < -0.4 is 5.32 Å². The molecule has 3 aromatic carbocycles. The first kappa shape index (κ1) is 14.9. The molecule has 0 saturated carbocycles. The van der Waals surface area contributed by atoms with Gasteiger partial charge in [0.25, 0.3) is 0 Å². The molecule has 0 fully saturated rings. The van der Waals surface area contributed by atoms with Gasteiger partial charge in [-0.2, -0.15) is 0 Å². The molecule has 3 rings (SSSR count). The van der Waals surface area contributed by atoms with Crippen LogP contribution in [0.1, 0.15) is 11.1 Å². The molecule has 3 nitrogen and oxygen atoms in total. The smallest absolute Gasteiger partial charge is 0.328 e. The van der Waals surface area contributed by atoms with Crippen molar-refractivity contribution >= 4 is 28.5 Å². The number of benzene rings is 3. The summed E-state index contributed by atoms with van der Waals surface area (Å²) >= 11 is 0. The highest BCUT2D eigenvalue weighted by Gasteiger charge is 1.98. The molecule has 0 radical (unpaired) electrons. The zero-order chi connectivity index (χ0) is 16.1. The standard InChI is InChI=1S/C20H17NO2/c22-20(23)11-8-15-4-3-5-16(12-15)14-21-19-10-9-17-6-1-2-7-18(17)13-19/h1-13,21H,14H2,(H,22,23)/b11-8+. The van der Waals surface area contributed by atoms with Gasteiger partial charge in [-0.05, 0) is 46.2 Å². The third-order valence-electron chi connectivity index (χ3n) is 3.62. The van der Waals surface area contributed by atoms with Crippen molar-refractivity contribution in [2.24, 2.45) is 0 Å². The second-order valence-electron chi connectivity index (χ2n) is 5.33. The summed E-state index contributed by atoms with van der Waals surface area (Å²) in [6, 6.07) is 22.4. The summed E-state index contributed by atoms with van der Waals surface area (Å²) in [5, 5.41) is 14.5. The number of rotatable bonds is 5. The lowest BCUT2D eigenvalue weighted by molar-refractivity contribution is -0.131. The normalized spacial score (nSPS) is 11.0. The number of carboxylic acid groups (broad SMARTS) is 1. The van der Waals surface area contributed by atoms with Gasteiger partial charge in [0, 0.05) is 18.3 Å². The first-order valence-electron chi connectivity index (χ1n) is 7.43. The molecule has 0 aliphatic heterocycles. The summed E-state index contributed by atoms with van der Waals surface area (Å²) in [6.45, 7) is 0.688. The van der Waals surface area contributed by atoms with Crippen LogP contribution in [0.25, 0.3) is 16.8 Å². The van der Waals surface area contributed by atoms with E-state index in [2.05, 4.69) is 35.6 Å². The van der Waals surface area contributed by atoms with Crippen LogP contribution >= 0.6 is 0 Å². The average molecular weight is 303 g/mol. The Hall–Kier alpha value is -3.07. The van der Waals surface area contributed by atoms with Crippen LogP contribution in [0.5, 0.6) is 0 Å². The fourth-order valence-electron chi connectivity index (χ4n) is 2.48. The van der Waals surface area contributed by atoms with E-state index in [1.54, 1.807) is 6.08 Å². The van der Waals surface area contributed by atoms with Gasteiger partial charge in [-0.25, -0.2) is 4.79 Å². The first-order valence-corrected chi connectivity index (χ1v) is 7.43. The molecular formula is C20H17NO2. The summed E-state index contributed by atoms with van der Waals surface area (Å²) in [5.74, 6) is -0.940. The molecule has 0 amide bonds. The van der Waals surface area contributed by atoms with E-state index in [9.17, 15) is 4.79 Å². The van der Waals surface area contributed by atoms with E-state index >= 15 is 0 Å². The largest absolute Gasteiger partial charge is 0.478 e. The van der Waals surface area contributed by atoms with Crippen LogP contribution in [-0.4, -0.2) is 11.1 Å². The van der Waals surface area contributed by atoms with E-state index in [1.165, 1.54) is 10.8 Å². The van der Waals surface area contributed by atoms with Crippen molar-refractivity contribution in [2.45, 2.75) is 6.54 Å². The Labute approximate surface area is 134 Å². The molecule has 3 heteroatoms. The molecular weight excluding hydrogens is 286 g/mol. The Balaban J connectivity index is 1.71. The third kappa shape index (κ3) is 3.98. The van der Waals surface area contributed by atoms with Crippen molar-refractivity contribution in [3.05, 3.63) is 83.9 Å². The Morgan fingerprint density at radius 2 is 1.78 bits per heavy atom. The minimum atomic E-state index is -0.940. The fraction of sp³-hybridized carbons (Fsp3) is 0.0500. The Morgan fingerprint density at radius 3 is 2.61 bits per heavy atom. The Kier molecular flexibility index (Phi) is 4.39. The van der Waals surface area contributed by atoms with E-state index in [0.717, 1.165) is 22.9 Å². The van der Waals surface area contributed by atoms with Gasteiger partial charge >= 0.3 is 5.97 Å². The Bertz CT molecular complexity index is 868. The number of carbonyl (C=O) groups is 1. The third-order valence-corrected chi connectivity index (χ3v) is 3.62. The SMILES string of the molecule is O=C(O)/C=C/c1cccc(CNc2ccc3ccccc3c2)c1. The lowest BCUT2D eigenvalue weighted by Gasteiger charge is -2.08.